The SMILES string of the molecule is CCN(CC)CCNCc1cccc(C(=O)Nc2sc3c(c2C(=O)NN)CCCC3)c1. The molecule has 0 fully saturated rings. The molecule has 0 radical (unpaired) electrons. The lowest BCUT2D eigenvalue weighted by atomic mass is 9.95. The van der Waals surface area contributed by atoms with Crippen molar-refractivity contribution in [3.63, 3.8) is 0 Å². The number of hydrogen-bond donors (Lipinski definition) is 4. The smallest absolute Gasteiger partial charge is 0.268 e. The topological polar surface area (TPSA) is 99.5 Å². The molecule has 3 rings (SSSR count). The van der Waals surface area contributed by atoms with Gasteiger partial charge in [0.2, 0.25) is 0 Å². The standard InChI is InChI=1S/C23H33N5O2S/c1-3-28(4-2)13-12-25-15-16-8-7-9-17(14-16)21(29)26-23-20(22(30)27-24)18-10-5-6-11-19(18)31-23/h7-9,14,25H,3-6,10-13,15,24H2,1-2H3,(H,26,29)(H,27,30). The van der Waals surface area contributed by atoms with E-state index >= 15 is 0 Å². The molecule has 1 aromatic heterocycles. The number of amides is 2. The first-order chi connectivity index (χ1) is 15.1. The number of nitrogens with two attached hydrogens (primary N) is 1. The maximum absolute atomic E-state index is 12.9. The molecule has 0 saturated carbocycles. The van der Waals surface area contributed by atoms with Gasteiger partial charge in [0.25, 0.3) is 11.8 Å². The predicted molar refractivity (Wildman–Crippen MR) is 127 cm³/mol. The average molecular weight is 444 g/mol. The molecule has 5 N–H and O–H groups in total. The van der Waals surface area contributed by atoms with E-state index in [0.29, 0.717) is 22.7 Å². The van der Waals surface area contributed by atoms with E-state index in [1.165, 1.54) is 16.2 Å². The summed E-state index contributed by atoms with van der Waals surface area (Å²) in [6.45, 7) is 9.03. The van der Waals surface area contributed by atoms with Crippen LogP contribution in [0.4, 0.5) is 5.00 Å². The van der Waals surface area contributed by atoms with E-state index in [9.17, 15) is 9.59 Å². The van der Waals surface area contributed by atoms with E-state index in [1.807, 2.05) is 18.2 Å². The summed E-state index contributed by atoms with van der Waals surface area (Å²) < 4.78 is 0. The van der Waals surface area contributed by atoms with Crippen LogP contribution in [0.5, 0.6) is 0 Å². The molecule has 0 bridgehead atoms. The third-order valence-electron chi connectivity index (χ3n) is 5.77. The number of hydrogen-bond acceptors (Lipinski definition) is 6. The van der Waals surface area contributed by atoms with Crippen molar-refractivity contribution in [2.24, 2.45) is 5.84 Å². The number of hydrazine groups is 1. The molecule has 31 heavy (non-hydrogen) atoms. The Labute approximate surface area is 188 Å². The van der Waals surface area contributed by atoms with Gasteiger partial charge in [0.05, 0.1) is 5.56 Å². The summed E-state index contributed by atoms with van der Waals surface area (Å²) in [7, 11) is 0. The number of thiophene rings is 1. The van der Waals surface area contributed by atoms with Crippen LogP contribution in [0.1, 0.15) is 63.4 Å². The van der Waals surface area contributed by atoms with Gasteiger partial charge in [-0.2, -0.15) is 0 Å². The predicted octanol–water partition coefficient (Wildman–Crippen LogP) is 2.91. The fourth-order valence-electron chi connectivity index (χ4n) is 3.97. The second kappa shape index (κ2) is 11.4. The molecule has 168 valence electrons. The van der Waals surface area contributed by atoms with Crippen LogP contribution < -0.4 is 21.9 Å². The summed E-state index contributed by atoms with van der Waals surface area (Å²) in [4.78, 5) is 28.9. The molecule has 0 aliphatic heterocycles. The zero-order chi connectivity index (χ0) is 22.2. The Hall–Kier alpha value is -2.26. The van der Waals surface area contributed by atoms with Crippen LogP contribution in [-0.2, 0) is 19.4 Å². The highest BCUT2D eigenvalue weighted by molar-refractivity contribution is 7.17. The molecule has 8 heteroatoms. The number of benzene rings is 1. The third kappa shape index (κ3) is 5.92. The first-order valence-electron chi connectivity index (χ1n) is 11.1. The van der Waals surface area contributed by atoms with Gasteiger partial charge < -0.3 is 15.5 Å². The van der Waals surface area contributed by atoms with Gasteiger partial charge in [-0.1, -0.05) is 26.0 Å². The number of carbonyl (C=O) groups excluding carboxylic acids is 2. The fraction of sp³-hybridized carbons (Fsp3) is 0.478. The number of nitrogen functional groups attached to an aromatic ring is 1. The number of likely N-dealkylation sites (N-methyl/N-ethyl adjacent to an activating group) is 1. The highest BCUT2D eigenvalue weighted by Gasteiger charge is 2.26. The van der Waals surface area contributed by atoms with Crippen molar-refractivity contribution in [1.82, 2.24) is 15.6 Å². The first-order valence-corrected chi connectivity index (χ1v) is 11.9. The number of anilines is 1. The van der Waals surface area contributed by atoms with Crippen LogP contribution in [0.15, 0.2) is 24.3 Å². The van der Waals surface area contributed by atoms with E-state index in [4.69, 9.17) is 5.84 Å². The Morgan fingerprint density at radius 2 is 1.90 bits per heavy atom. The lowest BCUT2D eigenvalue weighted by Crippen LogP contribution is -2.31. The zero-order valence-electron chi connectivity index (χ0n) is 18.4. The second-order valence-electron chi connectivity index (χ2n) is 7.75. The van der Waals surface area contributed by atoms with Crippen LogP contribution in [0.25, 0.3) is 0 Å². The molecule has 0 saturated heterocycles. The molecule has 7 nitrogen and oxygen atoms in total. The summed E-state index contributed by atoms with van der Waals surface area (Å²) in [5.41, 5.74) is 5.41. The van der Waals surface area contributed by atoms with Gasteiger partial charge in [0.1, 0.15) is 5.00 Å². The van der Waals surface area contributed by atoms with Gasteiger partial charge in [-0.05, 0) is 62.0 Å². The van der Waals surface area contributed by atoms with E-state index in [1.54, 1.807) is 6.07 Å². The summed E-state index contributed by atoms with van der Waals surface area (Å²) in [6, 6.07) is 7.60. The minimum Gasteiger partial charge on any atom is -0.313 e. The van der Waals surface area contributed by atoms with Gasteiger partial charge in [-0.3, -0.25) is 15.0 Å². The quantitative estimate of drug-likeness (QED) is 0.196. The summed E-state index contributed by atoms with van der Waals surface area (Å²) in [6.07, 6.45) is 3.94. The molecule has 0 spiro atoms. The normalized spacial score (nSPS) is 13.2. The Morgan fingerprint density at radius 1 is 1.13 bits per heavy atom. The van der Waals surface area contributed by atoms with Gasteiger partial charge >= 0.3 is 0 Å². The summed E-state index contributed by atoms with van der Waals surface area (Å²) >= 11 is 1.49. The van der Waals surface area contributed by atoms with Crippen molar-refractivity contribution < 1.29 is 9.59 Å². The fourth-order valence-corrected chi connectivity index (χ4v) is 5.26. The largest absolute Gasteiger partial charge is 0.313 e. The van der Waals surface area contributed by atoms with E-state index in [-0.39, 0.29) is 11.8 Å². The number of carbonyl (C=O) groups is 2. The minimum atomic E-state index is -0.346. The number of nitrogens with zero attached hydrogens (tertiary/aromatic N) is 1. The average Bonchev–Trinajstić information content (AvgIpc) is 3.16. The second-order valence-corrected chi connectivity index (χ2v) is 8.85. The van der Waals surface area contributed by atoms with Crippen molar-refractivity contribution in [2.75, 3.05) is 31.5 Å². The molecular weight excluding hydrogens is 410 g/mol. The van der Waals surface area contributed by atoms with Crippen molar-refractivity contribution >= 4 is 28.2 Å². The Bertz CT molecular complexity index is 907. The Morgan fingerprint density at radius 3 is 2.65 bits per heavy atom. The minimum absolute atomic E-state index is 0.213. The molecule has 0 unspecified atom stereocenters. The van der Waals surface area contributed by atoms with Crippen LogP contribution in [0, 0.1) is 0 Å². The van der Waals surface area contributed by atoms with Gasteiger partial charge in [0, 0.05) is 30.1 Å². The monoisotopic (exact) mass is 443 g/mol. The molecule has 0 atom stereocenters. The highest BCUT2D eigenvalue weighted by Crippen LogP contribution is 2.38. The zero-order valence-corrected chi connectivity index (χ0v) is 19.2. The number of fused-ring (bicyclic) bond motifs is 1. The van der Waals surface area contributed by atoms with Gasteiger partial charge in [0.15, 0.2) is 0 Å². The molecule has 2 aromatic rings. The molecule has 1 aliphatic rings. The number of nitrogens with one attached hydrogen (secondary N) is 3. The Kier molecular flexibility index (Phi) is 8.60. The highest BCUT2D eigenvalue weighted by atomic mass is 32.1. The van der Waals surface area contributed by atoms with Crippen LogP contribution in [-0.4, -0.2) is 42.9 Å². The molecule has 1 aliphatic carbocycles. The van der Waals surface area contributed by atoms with E-state index in [2.05, 4.69) is 34.8 Å². The maximum Gasteiger partial charge on any atom is 0.268 e. The summed E-state index contributed by atoms with van der Waals surface area (Å²) in [5.74, 6) is 4.84. The number of rotatable bonds is 10. The van der Waals surface area contributed by atoms with Crippen molar-refractivity contribution in [1.29, 1.82) is 0 Å². The molecule has 2 amide bonds. The van der Waals surface area contributed by atoms with Gasteiger partial charge in [-0.15, -0.1) is 11.3 Å². The lowest BCUT2D eigenvalue weighted by molar-refractivity contribution is 0.0954. The molecular formula is C23H33N5O2S. The van der Waals surface area contributed by atoms with E-state index < -0.39 is 0 Å². The van der Waals surface area contributed by atoms with Crippen LogP contribution in [0.2, 0.25) is 0 Å². The molecule has 1 heterocycles. The van der Waals surface area contributed by atoms with Crippen molar-refractivity contribution in [3.05, 3.63) is 51.4 Å². The lowest BCUT2D eigenvalue weighted by Gasteiger charge is -2.18. The summed E-state index contributed by atoms with van der Waals surface area (Å²) in [5, 5.41) is 6.99. The molecule has 1 aromatic carbocycles. The number of aryl methyl sites for hydroxylation is 1. The Balaban J connectivity index is 1.67. The van der Waals surface area contributed by atoms with Crippen molar-refractivity contribution in [3.8, 4) is 0 Å². The van der Waals surface area contributed by atoms with Crippen LogP contribution >= 0.6 is 11.3 Å². The maximum atomic E-state index is 12.9. The van der Waals surface area contributed by atoms with E-state index in [0.717, 1.165) is 63.0 Å². The van der Waals surface area contributed by atoms with Crippen LogP contribution in [0.3, 0.4) is 0 Å². The van der Waals surface area contributed by atoms with Crippen molar-refractivity contribution in [2.45, 2.75) is 46.1 Å². The van der Waals surface area contributed by atoms with Gasteiger partial charge in [-0.25, -0.2) is 5.84 Å². The first kappa shape index (κ1) is 23.4. The third-order valence-corrected chi connectivity index (χ3v) is 6.98.